The SMILES string of the molecule is C=C(C)C(=O)OCC(=O)OC1(O)CCC2CC1OC2=O. The summed E-state index contributed by atoms with van der Waals surface area (Å²) in [5.74, 6) is -4.07. The molecule has 0 aromatic carbocycles. The summed E-state index contributed by atoms with van der Waals surface area (Å²) in [7, 11) is 0. The van der Waals surface area contributed by atoms with Crippen molar-refractivity contribution >= 4 is 17.9 Å². The number of carbonyl (C=O) groups is 3. The molecule has 1 saturated heterocycles. The van der Waals surface area contributed by atoms with Gasteiger partial charge in [0.25, 0.3) is 0 Å². The number of hydrogen-bond acceptors (Lipinski definition) is 7. The summed E-state index contributed by atoms with van der Waals surface area (Å²) in [4.78, 5) is 34.1. The standard InChI is InChI=1S/C13H16O7/c1-7(2)11(15)18-6-10(14)20-13(17)4-3-8-5-9(13)19-12(8)16/h8-9,17H,1,3-6H2,2H3. The molecule has 110 valence electrons. The van der Waals surface area contributed by atoms with Crippen molar-refractivity contribution in [3.8, 4) is 0 Å². The Morgan fingerprint density at radius 3 is 2.90 bits per heavy atom. The fourth-order valence-electron chi connectivity index (χ4n) is 2.28. The molecule has 7 nitrogen and oxygen atoms in total. The third-order valence-corrected chi connectivity index (χ3v) is 3.40. The number of ether oxygens (including phenoxy) is 3. The van der Waals surface area contributed by atoms with Gasteiger partial charge in [0.1, 0.15) is 0 Å². The van der Waals surface area contributed by atoms with Crippen LogP contribution in [0.2, 0.25) is 0 Å². The van der Waals surface area contributed by atoms with E-state index >= 15 is 0 Å². The van der Waals surface area contributed by atoms with E-state index in [0.29, 0.717) is 12.8 Å². The van der Waals surface area contributed by atoms with Gasteiger partial charge >= 0.3 is 17.9 Å². The Morgan fingerprint density at radius 1 is 1.55 bits per heavy atom. The highest BCUT2D eigenvalue weighted by Crippen LogP contribution is 2.41. The molecule has 2 rings (SSSR count). The molecule has 3 atom stereocenters. The van der Waals surface area contributed by atoms with E-state index in [2.05, 4.69) is 11.3 Å². The fourth-order valence-corrected chi connectivity index (χ4v) is 2.28. The van der Waals surface area contributed by atoms with Crippen molar-refractivity contribution in [1.82, 2.24) is 0 Å². The molecular formula is C13H16O7. The van der Waals surface area contributed by atoms with Crippen molar-refractivity contribution in [3.63, 3.8) is 0 Å². The van der Waals surface area contributed by atoms with Gasteiger partial charge in [0.15, 0.2) is 12.7 Å². The van der Waals surface area contributed by atoms with Gasteiger partial charge in [-0.25, -0.2) is 9.59 Å². The van der Waals surface area contributed by atoms with Gasteiger partial charge < -0.3 is 19.3 Å². The molecule has 0 spiro atoms. The molecule has 0 amide bonds. The van der Waals surface area contributed by atoms with Crippen LogP contribution in [0.25, 0.3) is 0 Å². The first-order valence-electron chi connectivity index (χ1n) is 6.29. The minimum Gasteiger partial charge on any atom is -0.455 e. The molecule has 0 aromatic heterocycles. The maximum absolute atomic E-state index is 11.6. The van der Waals surface area contributed by atoms with E-state index in [1.807, 2.05) is 0 Å². The number of esters is 3. The van der Waals surface area contributed by atoms with Gasteiger partial charge in [0, 0.05) is 18.4 Å². The lowest BCUT2D eigenvalue weighted by atomic mass is 9.86. The van der Waals surface area contributed by atoms with Crippen LogP contribution in [0.1, 0.15) is 26.2 Å². The number of hydrogen-bond donors (Lipinski definition) is 1. The van der Waals surface area contributed by atoms with Crippen molar-refractivity contribution in [2.24, 2.45) is 5.92 Å². The van der Waals surface area contributed by atoms with Crippen molar-refractivity contribution in [3.05, 3.63) is 12.2 Å². The Hall–Kier alpha value is -1.89. The molecular weight excluding hydrogens is 268 g/mol. The van der Waals surface area contributed by atoms with E-state index in [-0.39, 0.29) is 23.9 Å². The zero-order valence-corrected chi connectivity index (χ0v) is 11.1. The van der Waals surface area contributed by atoms with Gasteiger partial charge in [-0.05, 0) is 13.3 Å². The highest BCUT2D eigenvalue weighted by Gasteiger charge is 2.54. The van der Waals surface area contributed by atoms with E-state index < -0.39 is 30.4 Å². The number of rotatable bonds is 4. The average molecular weight is 284 g/mol. The van der Waals surface area contributed by atoms with Crippen LogP contribution in [0, 0.1) is 5.92 Å². The van der Waals surface area contributed by atoms with Crippen LogP contribution < -0.4 is 0 Å². The van der Waals surface area contributed by atoms with Crippen LogP contribution in [0.3, 0.4) is 0 Å². The quantitative estimate of drug-likeness (QED) is 0.337. The Bertz CT molecular complexity index is 469. The Balaban J connectivity index is 1.89. The summed E-state index contributed by atoms with van der Waals surface area (Å²) in [5.41, 5.74) is 0.154. The molecule has 0 aromatic rings. The normalized spacial score (nSPS) is 31.4. The summed E-state index contributed by atoms with van der Waals surface area (Å²) in [6.45, 7) is 4.19. The largest absolute Gasteiger partial charge is 0.455 e. The van der Waals surface area contributed by atoms with E-state index in [9.17, 15) is 19.5 Å². The molecule has 1 aliphatic heterocycles. The zero-order valence-electron chi connectivity index (χ0n) is 11.1. The summed E-state index contributed by atoms with van der Waals surface area (Å²) in [6.07, 6.45) is -0.0119. The molecule has 2 aliphatic rings. The average Bonchev–Trinajstić information content (AvgIpc) is 2.70. The molecule has 1 heterocycles. The molecule has 7 heteroatoms. The van der Waals surface area contributed by atoms with Crippen molar-refractivity contribution in [2.75, 3.05) is 6.61 Å². The van der Waals surface area contributed by atoms with E-state index in [0.717, 1.165) is 0 Å². The van der Waals surface area contributed by atoms with Crippen LogP contribution >= 0.6 is 0 Å². The molecule has 20 heavy (non-hydrogen) atoms. The van der Waals surface area contributed by atoms with Gasteiger partial charge in [-0.2, -0.15) is 0 Å². The lowest BCUT2D eigenvalue weighted by Crippen LogP contribution is -2.48. The fraction of sp³-hybridized carbons (Fsp3) is 0.615. The minimum atomic E-state index is -1.84. The molecule has 1 N–H and O–H groups in total. The van der Waals surface area contributed by atoms with Crippen molar-refractivity contribution < 1.29 is 33.7 Å². The topological polar surface area (TPSA) is 99.1 Å². The third kappa shape index (κ3) is 2.82. The molecule has 0 radical (unpaired) electrons. The van der Waals surface area contributed by atoms with Gasteiger partial charge in [-0.3, -0.25) is 4.79 Å². The predicted molar refractivity (Wildman–Crippen MR) is 64.0 cm³/mol. The van der Waals surface area contributed by atoms with Gasteiger partial charge in [0.2, 0.25) is 5.79 Å². The highest BCUT2D eigenvalue weighted by molar-refractivity contribution is 5.88. The van der Waals surface area contributed by atoms with Crippen LogP contribution in [0.15, 0.2) is 12.2 Å². The number of fused-ring (bicyclic) bond motifs is 2. The van der Waals surface area contributed by atoms with E-state index in [1.165, 1.54) is 6.92 Å². The first-order valence-corrected chi connectivity index (χ1v) is 6.29. The van der Waals surface area contributed by atoms with Crippen LogP contribution in [-0.2, 0) is 28.6 Å². The number of aliphatic hydroxyl groups is 1. The first kappa shape index (κ1) is 14.5. The molecule has 1 aliphatic carbocycles. The maximum Gasteiger partial charge on any atom is 0.346 e. The van der Waals surface area contributed by atoms with E-state index in [1.54, 1.807) is 0 Å². The second-order valence-electron chi connectivity index (χ2n) is 5.07. The summed E-state index contributed by atoms with van der Waals surface area (Å²) < 4.78 is 14.5. The lowest BCUT2D eigenvalue weighted by Gasteiger charge is -2.34. The lowest BCUT2D eigenvalue weighted by molar-refractivity contribution is -0.254. The smallest absolute Gasteiger partial charge is 0.346 e. The molecule has 2 bridgehead atoms. The van der Waals surface area contributed by atoms with Gasteiger partial charge in [0.05, 0.1) is 5.92 Å². The molecule has 2 fully saturated rings. The third-order valence-electron chi connectivity index (χ3n) is 3.40. The van der Waals surface area contributed by atoms with Crippen LogP contribution in [0.4, 0.5) is 0 Å². The van der Waals surface area contributed by atoms with E-state index in [4.69, 9.17) is 9.47 Å². The Morgan fingerprint density at radius 2 is 2.25 bits per heavy atom. The highest BCUT2D eigenvalue weighted by atomic mass is 16.7. The Labute approximate surface area is 115 Å². The maximum atomic E-state index is 11.6. The summed E-state index contributed by atoms with van der Waals surface area (Å²) >= 11 is 0. The molecule has 1 saturated carbocycles. The minimum absolute atomic E-state index is 0.119. The van der Waals surface area contributed by atoms with Gasteiger partial charge in [-0.1, -0.05) is 6.58 Å². The summed E-state index contributed by atoms with van der Waals surface area (Å²) in [5, 5.41) is 10.2. The monoisotopic (exact) mass is 284 g/mol. The summed E-state index contributed by atoms with van der Waals surface area (Å²) in [6, 6.07) is 0. The first-order chi connectivity index (χ1) is 9.32. The van der Waals surface area contributed by atoms with Crippen molar-refractivity contribution in [2.45, 2.75) is 38.1 Å². The Kier molecular flexibility index (Phi) is 3.80. The number of carbonyl (C=O) groups excluding carboxylic acids is 3. The van der Waals surface area contributed by atoms with Crippen LogP contribution in [-0.4, -0.2) is 41.5 Å². The van der Waals surface area contributed by atoms with Crippen LogP contribution in [0.5, 0.6) is 0 Å². The second-order valence-corrected chi connectivity index (χ2v) is 5.07. The van der Waals surface area contributed by atoms with Crippen molar-refractivity contribution in [1.29, 1.82) is 0 Å². The molecule has 3 unspecified atom stereocenters. The zero-order chi connectivity index (χ0) is 14.9. The second kappa shape index (κ2) is 5.24. The van der Waals surface area contributed by atoms with Gasteiger partial charge in [-0.15, -0.1) is 0 Å². The predicted octanol–water partition coefficient (Wildman–Crippen LogP) is 0.0630.